The van der Waals surface area contributed by atoms with Crippen molar-refractivity contribution in [2.24, 2.45) is 0 Å². The second-order valence-corrected chi connectivity index (χ2v) is 7.67. The van der Waals surface area contributed by atoms with Gasteiger partial charge in [-0.3, -0.25) is 9.59 Å². The number of carbonyl (C=O) groups is 2. The number of amides is 2. The first kappa shape index (κ1) is 21.7. The molecule has 2 N–H and O–H groups in total. The number of hydrogen-bond donors (Lipinski definition) is 2. The number of nitrogens with one attached hydrogen (secondary N) is 2. The standard InChI is InChI=1S/C22H17ClN4O4S/c1-30-13-9-7-12(8-10-13)25-21(29)19-17(14-5-3-4-6-16(14)31-19)26-20(28)18-15(23)11-24-22(27-18)32-2/h3-11H,1-2H3,(H,25,29)(H,26,28). The molecule has 4 aromatic rings. The Hall–Kier alpha value is -3.56. The molecule has 0 radical (unpaired) electrons. The fourth-order valence-electron chi connectivity index (χ4n) is 2.97. The van der Waals surface area contributed by atoms with Gasteiger partial charge in [0.05, 0.1) is 18.3 Å². The maximum absolute atomic E-state index is 13.0. The number of methoxy groups -OCH3 is 1. The van der Waals surface area contributed by atoms with Crippen LogP contribution in [0.2, 0.25) is 5.02 Å². The van der Waals surface area contributed by atoms with E-state index in [0.29, 0.717) is 27.6 Å². The van der Waals surface area contributed by atoms with Gasteiger partial charge in [-0.1, -0.05) is 35.5 Å². The van der Waals surface area contributed by atoms with Crippen LogP contribution in [0.1, 0.15) is 21.0 Å². The van der Waals surface area contributed by atoms with Crippen LogP contribution in [0.25, 0.3) is 11.0 Å². The van der Waals surface area contributed by atoms with Gasteiger partial charge in [-0.15, -0.1) is 0 Å². The molecule has 0 aliphatic carbocycles. The largest absolute Gasteiger partial charge is 0.497 e. The van der Waals surface area contributed by atoms with Crippen LogP contribution in [0, 0.1) is 0 Å². The Morgan fingerprint density at radius 2 is 1.81 bits per heavy atom. The lowest BCUT2D eigenvalue weighted by atomic mass is 10.2. The molecule has 2 amide bonds. The highest BCUT2D eigenvalue weighted by atomic mass is 35.5. The quantitative estimate of drug-likeness (QED) is 0.299. The number of carbonyl (C=O) groups excluding carboxylic acids is 2. The first-order valence-electron chi connectivity index (χ1n) is 9.35. The van der Waals surface area contributed by atoms with Crippen molar-refractivity contribution >= 4 is 57.5 Å². The van der Waals surface area contributed by atoms with Crippen molar-refractivity contribution in [3.8, 4) is 5.75 Å². The maximum atomic E-state index is 13.0. The van der Waals surface area contributed by atoms with Crippen LogP contribution in [0.5, 0.6) is 5.75 Å². The summed E-state index contributed by atoms with van der Waals surface area (Å²) in [6, 6.07) is 13.8. The van der Waals surface area contributed by atoms with Crippen molar-refractivity contribution in [3.05, 3.63) is 71.2 Å². The smallest absolute Gasteiger partial charge is 0.293 e. The molecule has 2 aromatic heterocycles. The lowest BCUT2D eigenvalue weighted by Crippen LogP contribution is -2.18. The molecule has 32 heavy (non-hydrogen) atoms. The van der Waals surface area contributed by atoms with Crippen LogP contribution in [-0.4, -0.2) is 35.1 Å². The second-order valence-electron chi connectivity index (χ2n) is 6.49. The zero-order chi connectivity index (χ0) is 22.7. The number of nitrogens with zero attached hydrogens (tertiary/aromatic N) is 2. The number of hydrogen-bond acceptors (Lipinski definition) is 7. The minimum atomic E-state index is -0.585. The molecule has 0 spiro atoms. The molecular formula is C22H17ClN4O4S. The van der Waals surface area contributed by atoms with Crippen LogP contribution in [0.4, 0.5) is 11.4 Å². The van der Waals surface area contributed by atoms with E-state index in [1.165, 1.54) is 18.0 Å². The monoisotopic (exact) mass is 468 g/mol. The van der Waals surface area contributed by atoms with E-state index in [2.05, 4.69) is 20.6 Å². The fourth-order valence-corrected chi connectivity index (χ4v) is 3.49. The van der Waals surface area contributed by atoms with Gasteiger partial charge in [-0.2, -0.15) is 0 Å². The zero-order valence-electron chi connectivity index (χ0n) is 17.0. The molecule has 0 unspecified atom stereocenters. The Morgan fingerprint density at radius 3 is 2.53 bits per heavy atom. The topological polar surface area (TPSA) is 106 Å². The van der Waals surface area contributed by atoms with E-state index in [9.17, 15) is 9.59 Å². The summed E-state index contributed by atoms with van der Waals surface area (Å²) < 4.78 is 10.9. The molecule has 0 bridgehead atoms. The van der Waals surface area contributed by atoms with Gasteiger partial charge in [0.2, 0.25) is 5.76 Å². The Kier molecular flexibility index (Phi) is 6.29. The lowest BCUT2D eigenvalue weighted by Gasteiger charge is -2.09. The van der Waals surface area contributed by atoms with Crippen molar-refractivity contribution in [3.63, 3.8) is 0 Å². The van der Waals surface area contributed by atoms with E-state index >= 15 is 0 Å². The third-order valence-electron chi connectivity index (χ3n) is 4.51. The summed E-state index contributed by atoms with van der Waals surface area (Å²) in [5.74, 6) is -0.505. The molecule has 0 fully saturated rings. The number of ether oxygens (including phenoxy) is 1. The minimum absolute atomic E-state index is 0.00203. The number of anilines is 2. The van der Waals surface area contributed by atoms with Crippen LogP contribution in [0.15, 0.2) is 64.3 Å². The summed E-state index contributed by atoms with van der Waals surface area (Å²) in [7, 11) is 1.56. The summed E-state index contributed by atoms with van der Waals surface area (Å²) in [6.07, 6.45) is 3.15. The van der Waals surface area contributed by atoms with E-state index in [0.717, 1.165) is 0 Å². The Labute approximate surface area is 192 Å². The fraction of sp³-hybridized carbons (Fsp3) is 0.0909. The SMILES string of the molecule is COc1ccc(NC(=O)c2oc3ccccc3c2NC(=O)c2nc(SC)ncc2Cl)cc1. The first-order chi connectivity index (χ1) is 15.5. The molecule has 0 saturated heterocycles. The number of para-hydroxylation sites is 1. The number of rotatable bonds is 6. The van der Waals surface area contributed by atoms with Gasteiger partial charge in [0.1, 0.15) is 17.0 Å². The highest BCUT2D eigenvalue weighted by Crippen LogP contribution is 2.32. The molecule has 2 aromatic carbocycles. The number of furan rings is 1. The van der Waals surface area contributed by atoms with Crippen LogP contribution in [-0.2, 0) is 0 Å². The number of halogens is 1. The molecular weight excluding hydrogens is 452 g/mol. The molecule has 0 aliphatic rings. The number of fused-ring (bicyclic) bond motifs is 1. The first-order valence-corrected chi connectivity index (χ1v) is 10.9. The van der Waals surface area contributed by atoms with E-state index in [4.69, 9.17) is 20.8 Å². The zero-order valence-corrected chi connectivity index (χ0v) is 18.6. The summed E-state index contributed by atoms with van der Waals surface area (Å²) >= 11 is 7.41. The van der Waals surface area contributed by atoms with Crippen LogP contribution < -0.4 is 15.4 Å². The van der Waals surface area contributed by atoms with Gasteiger partial charge in [-0.05, 0) is 42.7 Å². The Bertz CT molecular complexity index is 1310. The predicted octanol–water partition coefficient (Wildman–Crippen LogP) is 5.11. The highest BCUT2D eigenvalue weighted by Gasteiger charge is 2.24. The van der Waals surface area contributed by atoms with Gasteiger partial charge in [0.15, 0.2) is 10.9 Å². The molecule has 0 saturated carbocycles. The van der Waals surface area contributed by atoms with Crippen molar-refractivity contribution in [1.29, 1.82) is 0 Å². The van der Waals surface area contributed by atoms with Crippen molar-refractivity contribution in [2.45, 2.75) is 5.16 Å². The minimum Gasteiger partial charge on any atom is -0.497 e. The highest BCUT2D eigenvalue weighted by molar-refractivity contribution is 7.98. The van der Waals surface area contributed by atoms with Gasteiger partial charge in [0.25, 0.3) is 11.8 Å². The van der Waals surface area contributed by atoms with Crippen LogP contribution >= 0.6 is 23.4 Å². The number of benzene rings is 2. The van der Waals surface area contributed by atoms with E-state index < -0.39 is 11.8 Å². The molecule has 162 valence electrons. The molecule has 0 atom stereocenters. The van der Waals surface area contributed by atoms with E-state index in [-0.39, 0.29) is 22.2 Å². The maximum Gasteiger partial charge on any atom is 0.293 e. The van der Waals surface area contributed by atoms with Gasteiger partial charge < -0.3 is 19.8 Å². The summed E-state index contributed by atoms with van der Waals surface area (Å²) in [5, 5.41) is 6.55. The van der Waals surface area contributed by atoms with E-state index in [1.807, 2.05) is 0 Å². The number of aromatic nitrogens is 2. The second kappa shape index (κ2) is 9.29. The predicted molar refractivity (Wildman–Crippen MR) is 124 cm³/mol. The lowest BCUT2D eigenvalue weighted by molar-refractivity contribution is 0.0999. The summed E-state index contributed by atoms with van der Waals surface area (Å²) in [5.41, 5.74) is 1.20. The number of thioether (sulfide) groups is 1. The third-order valence-corrected chi connectivity index (χ3v) is 5.35. The molecule has 8 nitrogen and oxygen atoms in total. The molecule has 10 heteroatoms. The molecule has 0 aliphatic heterocycles. The van der Waals surface area contributed by atoms with Crippen molar-refractivity contribution < 1.29 is 18.7 Å². The summed E-state index contributed by atoms with van der Waals surface area (Å²) in [6.45, 7) is 0. The molecule has 4 rings (SSSR count). The Balaban J connectivity index is 1.68. The average molecular weight is 469 g/mol. The van der Waals surface area contributed by atoms with Gasteiger partial charge in [-0.25, -0.2) is 9.97 Å². The third kappa shape index (κ3) is 4.39. The van der Waals surface area contributed by atoms with Gasteiger partial charge in [0, 0.05) is 11.1 Å². The Morgan fingerprint density at radius 1 is 1.06 bits per heavy atom. The summed E-state index contributed by atoms with van der Waals surface area (Å²) in [4.78, 5) is 34.2. The van der Waals surface area contributed by atoms with Crippen LogP contribution in [0.3, 0.4) is 0 Å². The van der Waals surface area contributed by atoms with Crippen molar-refractivity contribution in [1.82, 2.24) is 9.97 Å². The molecule has 2 heterocycles. The van der Waals surface area contributed by atoms with E-state index in [1.54, 1.807) is 61.9 Å². The average Bonchev–Trinajstić information content (AvgIpc) is 3.18. The van der Waals surface area contributed by atoms with Crippen molar-refractivity contribution in [2.75, 3.05) is 24.0 Å². The normalized spacial score (nSPS) is 10.7. The van der Waals surface area contributed by atoms with Gasteiger partial charge >= 0.3 is 0 Å².